The summed E-state index contributed by atoms with van der Waals surface area (Å²) in [5.74, 6) is 0. The maximum atomic E-state index is 3.67. The number of benzene rings is 2. The standard InChI is InChI=1S/C15H11Br/c16-15-10-12-6-2-1-5-11(12)9-13-7-3-4-8-14(13)15/h1-8,10H,9H2. The topological polar surface area (TPSA) is 0 Å². The molecule has 0 spiro atoms. The van der Waals surface area contributed by atoms with Gasteiger partial charge in [0, 0.05) is 4.48 Å². The Bertz CT molecular complexity index is 567. The van der Waals surface area contributed by atoms with Gasteiger partial charge in [0.15, 0.2) is 0 Å². The molecule has 1 aliphatic carbocycles. The van der Waals surface area contributed by atoms with Gasteiger partial charge in [-0.1, -0.05) is 64.5 Å². The first kappa shape index (κ1) is 9.86. The third kappa shape index (κ3) is 1.61. The molecule has 0 unspecified atom stereocenters. The van der Waals surface area contributed by atoms with Crippen LogP contribution in [-0.2, 0) is 6.42 Å². The Balaban J connectivity index is 2.25. The number of fused-ring (bicyclic) bond motifs is 2. The average molecular weight is 271 g/mol. The minimum Gasteiger partial charge on any atom is -0.0619 e. The zero-order valence-corrected chi connectivity index (χ0v) is 10.4. The molecule has 2 aromatic rings. The van der Waals surface area contributed by atoms with E-state index in [4.69, 9.17) is 0 Å². The average Bonchev–Trinajstić information content (AvgIpc) is 2.45. The highest BCUT2D eigenvalue weighted by Gasteiger charge is 2.12. The smallest absolute Gasteiger partial charge is 0.0256 e. The molecule has 0 N–H and O–H groups in total. The van der Waals surface area contributed by atoms with E-state index >= 15 is 0 Å². The predicted molar refractivity (Wildman–Crippen MR) is 72.5 cm³/mol. The van der Waals surface area contributed by atoms with E-state index in [0.29, 0.717) is 0 Å². The minimum absolute atomic E-state index is 1.01. The van der Waals surface area contributed by atoms with Gasteiger partial charge in [-0.3, -0.25) is 0 Å². The molecule has 2 aromatic carbocycles. The molecule has 0 saturated carbocycles. The Morgan fingerprint density at radius 3 is 2.38 bits per heavy atom. The van der Waals surface area contributed by atoms with Crippen molar-refractivity contribution in [3.8, 4) is 0 Å². The number of rotatable bonds is 0. The lowest BCUT2D eigenvalue weighted by atomic mass is 10.0. The molecule has 0 amide bonds. The third-order valence-corrected chi connectivity index (χ3v) is 3.65. The Morgan fingerprint density at radius 2 is 1.50 bits per heavy atom. The van der Waals surface area contributed by atoms with E-state index in [1.165, 1.54) is 26.7 Å². The van der Waals surface area contributed by atoms with Crippen LogP contribution in [0.3, 0.4) is 0 Å². The summed E-state index contributed by atoms with van der Waals surface area (Å²) in [5.41, 5.74) is 5.39. The minimum atomic E-state index is 1.01. The number of halogens is 1. The van der Waals surface area contributed by atoms with E-state index in [-0.39, 0.29) is 0 Å². The SMILES string of the molecule is BrC1=Cc2ccccc2Cc2ccccc21. The molecule has 0 aliphatic heterocycles. The van der Waals surface area contributed by atoms with E-state index in [0.717, 1.165) is 6.42 Å². The van der Waals surface area contributed by atoms with Gasteiger partial charge in [0.25, 0.3) is 0 Å². The van der Waals surface area contributed by atoms with Gasteiger partial charge in [0.05, 0.1) is 0 Å². The largest absolute Gasteiger partial charge is 0.0619 e. The molecular formula is C15H11Br. The predicted octanol–water partition coefficient (Wildman–Crippen LogP) is 4.48. The summed E-state index contributed by atoms with van der Waals surface area (Å²) in [6.07, 6.45) is 3.22. The van der Waals surface area contributed by atoms with E-state index in [2.05, 4.69) is 70.5 Å². The van der Waals surface area contributed by atoms with E-state index in [1.807, 2.05) is 0 Å². The second-order valence-corrected chi connectivity index (χ2v) is 4.88. The fourth-order valence-corrected chi connectivity index (χ4v) is 2.80. The van der Waals surface area contributed by atoms with E-state index < -0.39 is 0 Å². The van der Waals surface area contributed by atoms with Crippen molar-refractivity contribution in [1.29, 1.82) is 0 Å². The molecule has 16 heavy (non-hydrogen) atoms. The van der Waals surface area contributed by atoms with Crippen molar-refractivity contribution in [2.24, 2.45) is 0 Å². The maximum Gasteiger partial charge on any atom is 0.0256 e. The van der Waals surface area contributed by atoms with Crippen molar-refractivity contribution < 1.29 is 0 Å². The summed E-state index contributed by atoms with van der Waals surface area (Å²) in [5, 5.41) is 0. The highest BCUT2D eigenvalue weighted by atomic mass is 79.9. The van der Waals surface area contributed by atoms with Crippen LogP contribution in [-0.4, -0.2) is 0 Å². The van der Waals surface area contributed by atoms with Gasteiger partial charge in [0.1, 0.15) is 0 Å². The molecule has 0 aromatic heterocycles. The van der Waals surface area contributed by atoms with Crippen LogP contribution in [0.2, 0.25) is 0 Å². The molecule has 3 rings (SSSR count). The van der Waals surface area contributed by atoms with Crippen LogP contribution in [0.4, 0.5) is 0 Å². The summed E-state index contributed by atoms with van der Waals surface area (Å²) in [6.45, 7) is 0. The van der Waals surface area contributed by atoms with Crippen molar-refractivity contribution in [2.45, 2.75) is 6.42 Å². The van der Waals surface area contributed by atoms with Crippen LogP contribution in [0.15, 0.2) is 48.5 Å². The Morgan fingerprint density at radius 1 is 0.812 bits per heavy atom. The van der Waals surface area contributed by atoms with E-state index in [9.17, 15) is 0 Å². The van der Waals surface area contributed by atoms with Crippen LogP contribution in [0.25, 0.3) is 10.6 Å². The quantitative estimate of drug-likeness (QED) is 0.662. The summed E-state index contributed by atoms with van der Waals surface area (Å²) >= 11 is 3.67. The molecule has 1 heteroatoms. The first-order valence-corrected chi connectivity index (χ1v) is 6.17. The summed E-state index contributed by atoms with van der Waals surface area (Å²) in [6, 6.07) is 17.1. The third-order valence-electron chi connectivity index (χ3n) is 2.99. The molecule has 0 bridgehead atoms. The molecule has 0 radical (unpaired) electrons. The molecule has 0 nitrogen and oxygen atoms in total. The summed E-state index contributed by atoms with van der Waals surface area (Å²) in [7, 11) is 0. The van der Waals surface area contributed by atoms with Crippen molar-refractivity contribution in [3.05, 3.63) is 70.8 Å². The lowest BCUT2D eigenvalue weighted by Crippen LogP contribution is -1.91. The summed E-state index contributed by atoms with van der Waals surface area (Å²) in [4.78, 5) is 0. The maximum absolute atomic E-state index is 3.67. The van der Waals surface area contributed by atoms with Gasteiger partial charge in [-0.2, -0.15) is 0 Å². The Labute approximate surface area is 104 Å². The van der Waals surface area contributed by atoms with Crippen molar-refractivity contribution in [2.75, 3.05) is 0 Å². The van der Waals surface area contributed by atoms with Crippen LogP contribution >= 0.6 is 15.9 Å². The normalized spacial score (nSPS) is 13.4. The fraction of sp³-hybridized carbons (Fsp3) is 0.0667. The zero-order chi connectivity index (χ0) is 11.0. The Hall–Kier alpha value is -1.34. The monoisotopic (exact) mass is 270 g/mol. The molecule has 0 atom stereocenters. The number of hydrogen-bond acceptors (Lipinski definition) is 0. The van der Waals surface area contributed by atoms with Gasteiger partial charge in [-0.25, -0.2) is 0 Å². The van der Waals surface area contributed by atoms with Crippen LogP contribution in [0, 0.1) is 0 Å². The van der Waals surface area contributed by atoms with E-state index in [1.54, 1.807) is 0 Å². The molecule has 0 saturated heterocycles. The molecule has 1 aliphatic rings. The first-order valence-electron chi connectivity index (χ1n) is 5.38. The van der Waals surface area contributed by atoms with Gasteiger partial charge in [-0.15, -0.1) is 0 Å². The molecule has 0 fully saturated rings. The van der Waals surface area contributed by atoms with Gasteiger partial charge in [0.2, 0.25) is 0 Å². The zero-order valence-electron chi connectivity index (χ0n) is 8.78. The Kier molecular flexibility index (Phi) is 2.41. The molecule has 78 valence electrons. The fourth-order valence-electron chi connectivity index (χ4n) is 2.16. The lowest BCUT2D eigenvalue weighted by molar-refractivity contribution is 1.18. The highest BCUT2D eigenvalue weighted by Crippen LogP contribution is 2.33. The van der Waals surface area contributed by atoms with Crippen molar-refractivity contribution in [1.82, 2.24) is 0 Å². The molecular weight excluding hydrogens is 260 g/mol. The highest BCUT2D eigenvalue weighted by molar-refractivity contribution is 9.15. The molecule has 0 heterocycles. The van der Waals surface area contributed by atoms with Crippen LogP contribution in [0.5, 0.6) is 0 Å². The van der Waals surface area contributed by atoms with Crippen molar-refractivity contribution >= 4 is 26.5 Å². The lowest BCUT2D eigenvalue weighted by Gasteiger charge is -2.05. The van der Waals surface area contributed by atoms with Gasteiger partial charge < -0.3 is 0 Å². The van der Waals surface area contributed by atoms with Gasteiger partial charge >= 0.3 is 0 Å². The van der Waals surface area contributed by atoms with Gasteiger partial charge in [-0.05, 0) is 34.8 Å². The van der Waals surface area contributed by atoms with Crippen LogP contribution < -0.4 is 0 Å². The number of hydrogen-bond donors (Lipinski definition) is 0. The van der Waals surface area contributed by atoms with Crippen LogP contribution in [0.1, 0.15) is 22.3 Å². The second-order valence-electron chi connectivity index (χ2n) is 4.03. The summed E-state index contributed by atoms with van der Waals surface area (Å²) < 4.78 is 1.17. The first-order chi connectivity index (χ1) is 7.84. The van der Waals surface area contributed by atoms with Crippen molar-refractivity contribution in [3.63, 3.8) is 0 Å². The second kappa shape index (κ2) is 3.91.